The zero-order chi connectivity index (χ0) is 19.2. The van der Waals surface area contributed by atoms with Crippen LogP contribution in [0.3, 0.4) is 0 Å². The van der Waals surface area contributed by atoms with Gasteiger partial charge in [0.05, 0.1) is 0 Å². The predicted molar refractivity (Wildman–Crippen MR) is 115 cm³/mol. The number of hydrogen-bond donors (Lipinski definition) is 0. The molecular weight excluding hydrogens is 344 g/mol. The Balaban J connectivity index is 1.45. The maximum atomic E-state index is 12.5. The summed E-state index contributed by atoms with van der Waals surface area (Å²) in [4.78, 5) is 12.5. The molecule has 4 rings (SSSR count). The molecule has 0 bridgehead atoms. The smallest absolute Gasteiger partial charge is 0.185 e. The Kier molecular flexibility index (Phi) is 5.30. The quantitative estimate of drug-likeness (QED) is 0.296. The van der Waals surface area contributed by atoms with Gasteiger partial charge in [-0.05, 0) is 46.2 Å². The van der Waals surface area contributed by atoms with Gasteiger partial charge >= 0.3 is 0 Å². The molecule has 28 heavy (non-hydrogen) atoms. The van der Waals surface area contributed by atoms with Gasteiger partial charge in [0.25, 0.3) is 0 Å². The summed E-state index contributed by atoms with van der Waals surface area (Å²) < 4.78 is 5.85. The average molecular weight is 364 g/mol. The fourth-order valence-electron chi connectivity index (χ4n) is 3.06. The molecule has 0 saturated carbocycles. The molecule has 0 fully saturated rings. The van der Waals surface area contributed by atoms with Crippen molar-refractivity contribution in [3.05, 3.63) is 120 Å². The second kappa shape index (κ2) is 8.36. The minimum atomic E-state index is -0.0126. The summed E-state index contributed by atoms with van der Waals surface area (Å²) in [5.74, 6) is 0.769. The lowest BCUT2D eigenvalue weighted by Gasteiger charge is -2.07. The molecule has 0 aliphatic rings. The van der Waals surface area contributed by atoms with E-state index in [0.717, 1.165) is 27.6 Å². The number of ether oxygens (including phenoxy) is 1. The fraction of sp³-hybridized carbons (Fsp3) is 0.0385. The third-order valence-corrected chi connectivity index (χ3v) is 4.57. The largest absolute Gasteiger partial charge is 0.489 e. The molecule has 4 aromatic carbocycles. The minimum Gasteiger partial charge on any atom is -0.489 e. The topological polar surface area (TPSA) is 26.3 Å². The number of carbonyl (C=O) groups excluding carboxylic acids is 1. The molecule has 0 spiro atoms. The third kappa shape index (κ3) is 4.36. The molecule has 0 aliphatic carbocycles. The molecule has 0 aliphatic heterocycles. The third-order valence-electron chi connectivity index (χ3n) is 4.57. The molecule has 0 atom stereocenters. The van der Waals surface area contributed by atoms with Crippen LogP contribution in [0.2, 0.25) is 0 Å². The lowest BCUT2D eigenvalue weighted by atomic mass is 10.0. The second-order valence-corrected chi connectivity index (χ2v) is 6.61. The van der Waals surface area contributed by atoms with Gasteiger partial charge in [0, 0.05) is 5.56 Å². The molecule has 2 nitrogen and oxygen atoms in total. The summed E-state index contributed by atoms with van der Waals surface area (Å²) in [6, 6.07) is 31.6. The first-order valence-electron chi connectivity index (χ1n) is 9.26. The number of carbonyl (C=O) groups is 1. The Morgan fingerprint density at radius 3 is 2.39 bits per heavy atom. The summed E-state index contributed by atoms with van der Waals surface area (Å²) in [5, 5.41) is 2.20. The van der Waals surface area contributed by atoms with Gasteiger partial charge in [0.2, 0.25) is 0 Å². The highest BCUT2D eigenvalue weighted by Gasteiger charge is 2.03. The van der Waals surface area contributed by atoms with Crippen LogP contribution in [-0.2, 0) is 6.61 Å². The predicted octanol–water partition coefficient (Wildman–Crippen LogP) is 6.31. The molecule has 4 aromatic rings. The summed E-state index contributed by atoms with van der Waals surface area (Å²) in [5.41, 5.74) is 2.74. The van der Waals surface area contributed by atoms with Crippen molar-refractivity contribution in [3.63, 3.8) is 0 Å². The van der Waals surface area contributed by atoms with E-state index >= 15 is 0 Å². The highest BCUT2D eigenvalue weighted by molar-refractivity contribution is 6.08. The van der Waals surface area contributed by atoms with Crippen molar-refractivity contribution in [3.8, 4) is 5.75 Å². The van der Waals surface area contributed by atoms with E-state index in [0.29, 0.717) is 12.2 Å². The van der Waals surface area contributed by atoms with Crippen molar-refractivity contribution >= 4 is 22.6 Å². The summed E-state index contributed by atoms with van der Waals surface area (Å²) in [6.45, 7) is 0.518. The zero-order valence-corrected chi connectivity index (χ0v) is 15.4. The molecule has 0 radical (unpaired) electrons. The van der Waals surface area contributed by atoms with Gasteiger partial charge in [-0.25, -0.2) is 0 Å². The number of ketones is 1. The first-order valence-corrected chi connectivity index (χ1v) is 9.26. The van der Waals surface area contributed by atoms with E-state index in [1.807, 2.05) is 103 Å². The van der Waals surface area contributed by atoms with E-state index in [-0.39, 0.29) is 5.78 Å². The van der Waals surface area contributed by atoms with Crippen molar-refractivity contribution < 1.29 is 9.53 Å². The normalized spacial score (nSPS) is 11.0. The van der Waals surface area contributed by atoms with Crippen molar-refractivity contribution in [2.45, 2.75) is 6.61 Å². The van der Waals surface area contributed by atoms with E-state index in [1.54, 1.807) is 6.08 Å². The van der Waals surface area contributed by atoms with Crippen molar-refractivity contribution in [1.29, 1.82) is 0 Å². The Hall–Kier alpha value is -3.65. The van der Waals surface area contributed by atoms with Gasteiger partial charge in [-0.1, -0.05) is 84.9 Å². The van der Waals surface area contributed by atoms with Gasteiger partial charge < -0.3 is 4.74 Å². The van der Waals surface area contributed by atoms with Crippen LogP contribution in [-0.4, -0.2) is 5.78 Å². The first-order chi connectivity index (χ1) is 13.8. The molecule has 0 aromatic heterocycles. The van der Waals surface area contributed by atoms with Crippen LogP contribution < -0.4 is 4.74 Å². The number of benzene rings is 4. The fourth-order valence-corrected chi connectivity index (χ4v) is 3.06. The summed E-state index contributed by atoms with van der Waals surface area (Å²) in [7, 11) is 0. The maximum absolute atomic E-state index is 12.5. The van der Waals surface area contributed by atoms with Gasteiger partial charge in [0.1, 0.15) is 12.4 Å². The van der Waals surface area contributed by atoms with Crippen LogP contribution >= 0.6 is 0 Å². The van der Waals surface area contributed by atoms with E-state index in [4.69, 9.17) is 4.74 Å². The average Bonchev–Trinajstić information content (AvgIpc) is 2.77. The SMILES string of the molecule is O=C(/C=C/c1cccc(OCc2ccccc2)c1)c1ccc2ccccc2c1. The number of allylic oxidation sites excluding steroid dienone is 1. The van der Waals surface area contributed by atoms with Crippen molar-refractivity contribution in [2.75, 3.05) is 0 Å². The summed E-state index contributed by atoms with van der Waals surface area (Å²) >= 11 is 0. The Morgan fingerprint density at radius 1 is 0.750 bits per heavy atom. The van der Waals surface area contributed by atoms with Gasteiger partial charge in [-0.15, -0.1) is 0 Å². The van der Waals surface area contributed by atoms with Crippen LogP contribution in [0.1, 0.15) is 21.5 Å². The standard InChI is InChI=1S/C26H20O2/c27-26(24-15-14-22-10-4-5-11-23(22)18-24)16-13-20-9-6-12-25(17-20)28-19-21-7-2-1-3-8-21/h1-18H,19H2/b16-13+. The number of fused-ring (bicyclic) bond motifs is 1. The highest BCUT2D eigenvalue weighted by atomic mass is 16.5. The number of hydrogen-bond acceptors (Lipinski definition) is 2. The maximum Gasteiger partial charge on any atom is 0.185 e. The van der Waals surface area contributed by atoms with E-state index in [2.05, 4.69) is 0 Å². The summed E-state index contributed by atoms with van der Waals surface area (Å²) in [6.07, 6.45) is 3.44. The van der Waals surface area contributed by atoms with E-state index < -0.39 is 0 Å². The molecule has 0 unspecified atom stereocenters. The second-order valence-electron chi connectivity index (χ2n) is 6.61. The molecule has 2 heteroatoms. The van der Waals surface area contributed by atoms with Crippen molar-refractivity contribution in [1.82, 2.24) is 0 Å². The lowest BCUT2D eigenvalue weighted by Crippen LogP contribution is -1.95. The highest BCUT2D eigenvalue weighted by Crippen LogP contribution is 2.18. The molecule has 0 heterocycles. The van der Waals surface area contributed by atoms with Crippen LogP contribution in [0.5, 0.6) is 5.75 Å². The van der Waals surface area contributed by atoms with Gasteiger partial charge in [-0.3, -0.25) is 4.79 Å². The first kappa shape index (κ1) is 17.7. The van der Waals surface area contributed by atoms with Gasteiger partial charge in [-0.2, -0.15) is 0 Å². The molecule has 0 saturated heterocycles. The van der Waals surface area contributed by atoms with Gasteiger partial charge in [0.15, 0.2) is 5.78 Å². The van der Waals surface area contributed by atoms with Crippen LogP contribution in [0, 0.1) is 0 Å². The Labute approximate surface area is 164 Å². The van der Waals surface area contributed by atoms with Crippen LogP contribution in [0.15, 0.2) is 103 Å². The molecule has 136 valence electrons. The van der Waals surface area contributed by atoms with Crippen molar-refractivity contribution in [2.24, 2.45) is 0 Å². The van der Waals surface area contributed by atoms with E-state index in [9.17, 15) is 4.79 Å². The monoisotopic (exact) mass is 364 g/mol. The lowest BCUT2D eigenvalue weighted by molar-refractivity contribution is 0.104. The van der Waals surface area contributed by atoms with E-state index in [1.165, 1.54) is 0 Å². The Bertz CT molecular complexity index is 1130. The zero-order valence-electron chi connectivity index (χ0n) is 15.4. The van der Waals surface area contributed by atoms with Crippen LogP contribution in [0.25, 0.3) is 16.8 Å². The molecule has 0 N–H and O–H groups in total. The number of rotatable bonds is 6. The minimum absolute atomic E-state index is 0.0126. The molecular formula is C26H20O2. The molecule has 0 amide bonds. The van der Waals surface area contributed by atoms with Crippen LogP contribution in [0.4, 0.5) is 0 Å². The Morgan fingerprint density at radius 2 is 1.54 bits per heavy atom.